The Labute approximate surface area is 191 Å². The Morgan fingerprint density at radius 2 is 1.41 bits per heavy atom. The molecule has 1 rings (SSSR count). The Balaban J connectivity index is 2.32. The molecule has 1 aliphatic rings. The van der Waals surface area contributed by atoms with Gasteiger partial charge in [-0.2, -0.15) is 0 Å². The van der Waals surface area contributed by atoms with E-state index in [1.165, 1.54) is 16.7 Å². The minimum atomic E-state index is -1.12. The number of halogens is 1. The largest absolute Gasteiger partial charge is 0.445 e. The standard InChI is InChI=1S/C26H36FNO4/c1-19(2)9-6-10-20(3)11-7-12-21(4)13-8-14-22(5)15-16-32-26(31)28-18-23(27)24(29)17-25(28)30/h9,11,13,15,18H,6-8,10,12,14,16-17H2,1-5H3/b20-11+,21-13+,22-15+. The molecule has 0 aromatic carbocycles. The van der Waals surface area contributed by atoms with Gasteiger partial charge in [0, 0.05) is 0 Å². The van der Waals surface area contributed by atoms with Crippen LogP contribution in [0.1, 0.15) is 79.6 Å². The predicted octanol–water partition coefficient (Wildman–Crippen LogP) is 6.88. The zero-order chi connectivity index (χ0) is 24.1. The summed E-state index contributed by atoms with van der Waals surface area (Å²) in [6.45, 7) is 10.5. The van der Waals surface area contributed by atoms with Crippen LogP contribution in [0.25, 0.3) is 0 Å². The molecule has 0 spiro atoms. The lowest BCUT2D eigenvalue weighted by atomic mass is 10.0. The summed E-state index contributed by atoms with van der Waals surface area (Å²) in [5, 5.41) is 0. The zero-order valence-corrected chi connectivity index (χ0v) is 20.0. The summed E-state index contributed by atoms with van der Waals surface area (Å²) in [6.07, 6.45) is 13.5. The van der Waals surface area contributed by atoms with Gasteiger partial charge in [0.1, 0.15) is 6.61 Å². The van der Waals surface area contributed by atoms with Crippen molar-refractivity contribution in [2.24, 2.45) is 0 Å². The van der Waals surface area contributed by atoms with Gasteiger partial charge in [-0.3, -0.25) is 9.59 Å². The third-order valence-corrected chi connectivity index (χ3v) is 5.08. The second-order valence-corrected chi connectivity index (χ2v) is 8.47. The van der Waals surface area contributed by atoms with Gasteiger partial charge in [-0.15, -0.1) is 0 Å². The van der Waals surface area contributed by atoms with Crippen molar-refractivity contribution < 1.29 is 23.5 Å². The molecule has 0 atom stereocenters. The zero-order valence-electron chi connectivity index (χ0n) is 20.0. The van der Waals surface area contributed by atoms with Crippen LogP contribution in [0.3, 0.4) is 0 Å². The van der Waals surface area contributed by atoms with Crippen molar-refractivity contribution in [2.75, 3.05) is 6.61 Å². The Bertz CT molecular complexity index is 842. The number of Topliss-reactive ketones (excluding diaryl/α,β-unsaturated/α-hetero) is 1. The molecule has 0 saturated heterocycles. The topological polar surface area (TPSA) is 63.7 Å². The molecular weight excluding hydrogens is 409 g/mol. The highest BCUT2D eigenvalue weighted by Crippen LogP contribution is 2.16. The Morgan fingerprint density at radius 1 is 0.906 bits per heavy atom. The molecule has 0 N–H and O–H groups in total. The first kappa shape index (κ1) is 27.3. The number of carbonyl (C=O) groups is 3. The molecule has 5 nitrogen and oxygen atoms in total. The molecule has 0 aromatic heterocycles. The van der Waals surface area contributed by atoms with Gasteiger partial charge in [-0.05, 0) is 79.2 Å². The van der Waals surface area contributed by atoms with Crippen LogP contribution in [0.15, 0.2) is 58.6 Å². The molecule has 0 bridgehead atoms. The molecule has 176 valence electrons. The molecular formula is C26H36FNO4. The van der Waals surface area contributed by atoms with Crippen LogP contribution in [0.5, 0.6) is 0 Å². The van der Waals surface area contributed by atoms with Crippen LogP contribution in [0, 0.1) is 0 Å². The van der Waals surface area contributed by atoms with Crippen molar-refractivity contribution in [2.45, 2.75) is 79.6 Å². The van der Waals surface area contributed by atoms with Gasteiger partial charge in [0.25, 0.3) is 0 Å². The summed E-state index contributed by atoms with van der Waals surface area (Å²) in [5.41, 5.74) is 5.20. The average molecular weight is 446 g/mol. The Morgan fingerprint density at radius 3 is 1.94 bits per heavy atom. The van der Waals surface area contributed by atoms with Crippen molar-refractivity contribution >= 4 is 17.8 Å². The minimum Gasteiger partial charge on any atom is -0.445 e. The van der Waals surface area contributed by atoms with Crippen LogP contribution in [0.2, 0.25) is 0 Å². The number of ketones is 1. The van der Waals surface area contributed by atoms with Gasteiger partial charge < -0.3 is 4.74 Å². The fourth-order valence-electron chi connectivity index (χ4n) is 3.03. The van der Waals surface area contributed by atoms with Crippen molar-refractivity contribution in [3.05, 3.63) is 58.6 Å². The summed E-state index contributed by atoms with van der Waals surface area (Å²) in [5.74, 6) is -2.84. The number of allylic oxidation sites excluding steroid dienone is 8. The van der Waals surface area contributed by atoms with Crippen LogP contribution in [0.4, 0.5) is 9.18 Å². The molecule has 0 aromatic rings. The van der Waals surface area contributed by atoms with Gasteiger partial charge in [-0.25, -0.2) is 14.1 Å². The lowest BCUT2D eigenvalue weighted by Crippen LogP contribution is -2.37. The van der Waals surface area contributed by atoms with E-state index >= 15 is 0 Å². The van der Waals surface area contributed by atoms with E-state index in [1.807, 2.05) is 6.92 Å². The minimum absolute atomic E-state index is 0.0165. The number of nitrogens with zero attached hydrogens (tertiary/aromatic N) is 1. The highest BCUT2D eigenvalue weighted by molar-refractivity contribution is 6.12. The fourth-order valence-corrected chi connectivity index (χ4v) is 3.03. The maximum absolute atomic E-state index is 13.3. The van der Waals surface area contributed by atoms with Crippen LogP contribution >= 0.6 is 0 Å². The molecule has 1 heterocycles. The third-order valence-electron chi connectivity index (χ3n) is 5.08. The Kier molecular flexibility index (Phi) is 12.2. The highest BCUT2D eigenvalue weighted by Gasteiger charge is 2.30. The number of hydrogen-bond donors (Lipinski definition) is 0. The molecule has 0 aliphatic carbocycles. The van der Waals surface area contributed by atoms with E-state index in [1.54, 1.807) is 6.08 Å². The monoisotopic (exact) mass is 445 g/mol. The van der Waals surface area contributed by atoms with Crippen LogP contribution in [-0.2, 0) is 14.3 Å². The lowest BCUT2D eigenvalue weighted by molar-refractivity contribution is -0.133. The maximum atomic E-state index is 13.3. The normalized spacial score (nSPS) is 15.6. The quantitative estimate of drug-likeness (QED) is 0.257. The van der Waals surface area contributed by atoms with E-state index in [-0.39, 0.29) is 6.61 Å². The molecule has 0 fully saturated rings. The Hall–Kier alpha value is -2.76. The highest BCUT2D eigenvalue weighted by atomic mass is 19.1. The first-order valence-corrected chi connectivity index (χ1v) is 11.1. The second-order valence-electron chi connectivity index (χ2n) is 8.47. The molecule has 0 radical (unpaired) electrons. The van der Waals surface area contributed by atoms with Crippen molar-refractivity contribution in [3.8, 4) is 0 Å². The molecule has 0 saturated carbocycles. The third kappa shape index (κ3) is 11.0. The SMILES string of the molecule is CC(C)=CCC/C(C)=C/CC/C(C)=C/CC/C(C)=C/COC(=O)N1C=C(F)C(=O)CC1=O. The first-order valence-electron chi connectivity index (χ1n) is 11.1. The molecule has 32 heavy (non-hydrogen) atoms. The van der Waals surface area contributed by atoms with E-state index in [4.69, 9.17) is 4.74 Å². The summed E-state index contributed by atoms with van der Waals surface area (Å²) in [6, 6.07) is 0. The maximum Gasteiger partial charge on any atom is 0.421 e. The average Bonchev–Trinajstić information content (AvgIpc) is 2.70. The summed E-state index contributed by atoms with van der Waals surface area (Å²) < 4.78 is 18.3. The lowest BCUT2D eigenvalue weighted by Gasteiger charge is -2.18. The number of hydrogen-bond acceptors (Lipinski definition) is 4. The van der Waals surface area contributed by atoms with Crippen LogP contribution < -0.4 is 0 Å². The number of imide groups is 1. The predicted molar refractivity (Wildman–Crippen MR) is 125 cm³/mol. The van der Waals surface area contributed by atoms with Gasteiger partial charge in [-0.1, -0.05) is 40.5 Å². The summed E-state index contributed by atoms with van der Waals surface area (Å²) >= 11 is 0. The van der Waals surface area contributed by atoms with Crippen molar-refractivity contribution in [1.82, 2.24) is 4.90 Å². The van der Waals surface area contributed by atoms with E-state index < -0.39 is 30.0 Å². The van der Waals surface area contributed by atoms with Gasteiger partial charge in [0.2, 0.25) is 11.7 Å². The van der Waals surface area contributed by atoms with Gasteiger partial charge in [0.15, 0.2) is 5.83 Å². The van der Waals surface area contributed by atoms with E-state index in [2.05, 4.69) is 45.9 Å². The molecule has 0 unspecified atom stereocenters. The molecule has 2 amide bonds. The second kappa shape index (κ2) is 14.3. The smallest absolute Gasteiger partial charge is 0.421 e. The molecule has 6 heteroatoms. The van der Waals surface area contributed by atoms with Crippen LogP contribution in [-0.4, -0.2) is 29.3 Å². The van der Waals surface area contributed by atoms with Crippen molar-refractivity contribution in [1.29, 1.82) is 0 Å². The first-order chi connectivity index (χ1) is 15.1. The number of amides is 2. The van der Waals surface area contributed by atoms with Crippen molar-refractivity contribution in [3.63, 3.8) is 0 Å². The number of rotatable bonds is 11. The summed E-state index contributed by atoms with van der Waals surface area (Å²) in [4.78, 5) is 35.2. The van der Waals surface area contributed by atoms with E-state index in [0.29, 0.717) is 11.1 Å². The van der Waals surface area contributed by atoms with Gasteiger partial charge in [0.05, 0.1) is 12.6 Å². The van der Waals surface area contributed by atoms with E-state index in [0.717, 1.165) is 44.1 Å². The number of carbonyl (C=O) groups excluding carboxylic acids is 3. The summed E-state index contributed by atoms with van der Waals surface area (Å²) in [7, 11) is 0. The van der Waals surface area contributed by atoms with Gasteiger partial charge >= 0.3 is 6.09 Å². The fraction of sp³-hybridized carbons (Fsp3) is 0.500. The molecule has 1 aliphatic heterocycles. The number of ether oxygens (including phenoxy) is 1. The van der Waals surface area contributed by atoms with E-state index in [9.17, 15) is 18.8 Å².